The Morgan fingerprint density at radius 3 is 2.44 bits per heavy atom. The molecule has 2 fully saturated rings. The summed E-state index contributed by atoms with van der Waals surface area (Å²) in [6.07, 6.45) is 2.49. The highest BCUT2D eigenvalue weighted by atomic mass is 32.2. The summed E-state index contributed by atoms with van der Waals surface area (Å²) in [6.45, 7) is 7.16. The number of morpholine rings is 1. The van der Waals surface area contributed by atoms with E-state index >= 15 is 0 Å². The predicted octanol–water partition coefficient (Wildman–Crippen LogP) is 3.74. The van der Waals surface area contributed by atoms with Crippen molar-refractivity contribution >= 4 is 35.0 Å². The standard InChI is InChI=1S/C25H30N6O2S/c1-19-6-2-3-7-22(19)31-24(30-14-16-33-17-15-30)27-28-25(31)34-18-23(32)26-20-8-10-21(11-9-20)29-12-4-5-13-29/h2-3,6-11H,4-5,12-18H2,1H3,(H,26,32). The quantitative estimate of drug-likeness (QED) is 0.519. The third kappa shape index (κ3) is 5.05. The number of nitrogens with zero attached hydrogens (tertiary/aromatic N) is 5. The number of carbonyl (C=O) groups excluding carboxylic acids is 1. The van der Waals surface area contributed by atoms with E-state index in [4.69, 9.17) is 4.74 Å². The highest BCUT2D eigenvalue weighted by molar-refractivity contribution is 7.99. The number of thioether (sulfide) groups is 1. The largest absolute Gasteiger partial charge is 0.378 e. The topological polar surface area (TPSA) is 75.5 Å². The van der Waals surface area contributed by atoms with E-state index in [0.717, 1.165) is 49.1 Å². The van der Waals surface area contributed by atoms with Gasteiger partial charge in [-0.3, -0.25) is 9.36 Å². The van der Waals surface area contributed by atoms with Gasteiger partial charge in [-0.1, -0.05) is 30.0 Å². The third-order valence-corrected chi connectivity index (χ3v) is 7.15. The summed E-state index contributed by atoms with van der Waals surface area (Å²) < 4.78 is 7.57. The average molecular weight is 479 g/mol. The minimum atomic E-state index is -0.0637. The molecule has 178 valence electrons. The Morgan fingerprint density at radius 2 is 1.71 bits per heavy atom. The summed E-state index contributed by atoms with van der Waals surface area (Å²) in [6, 6.07) is 16.3. The third-order valence-electron chi connectivity index (χ3n) is 6.22. The average Bonchev–Trinajstić information content (AvgIpc) is 3.55. The number of aromatic nitrogens is 3. The molecule has 2 aliphatic rings. The maximum atomic E-state index is 12.7. The lowest BCUT2D eigenvalue weighted by molar-refractivity contribution is -0.113. The van der Waals surface area contributed by atoms with Gasteiger partial charge in [-0.25, -0.2) is 0 Å². The van der Waals surface area contributed by atoms with E-state index in [2.05, 4.69) is 61.1 Å². The van der Waals surface area contributed by atoms with E-state index in [-0.39, 0.29) is 11.7 Å². The zero-order chi connectivity index (χ0) is 23.3. The molecule has 1 aromatic heterocycles. The lowest BCUT2D eigenvalue weighted by Crippen LogP contribution is -2.38. The number of anilines is 3. The van der Waals surface area contributed by atoms with Gasteiger partial charge in [0.2, 0.25) is 11.9 Å². The zero-order valence-corrected chi connectivity index (χ0v) is 20.3. The van der Waals surface area contributed by atoms with Crippen LogP contribution in [0, 0.1) is 6.92 Å². The molecule has 9 heteroatoms. The Hall–Kier alpha value is -3.04. The first kappa shape index (κ1) is 22.7. The number of benzene rings is 2. The van der Waals surface area contributed by atoms with Gasteiger partial charge in [0.05, 0.1) is 24.7 Å². The number of rotatable bonds is 7. The maximum Gasteiger partial charge on any atom is 0.234 e. The van der Waals surface area contributed by atoms with E-state index in [1.165, 1.54) is 30.3 Å². The zero-order valence-electron chi connectivity index (χ0n) is 19.4. The summed E-state index contributed by atoms with van der Waals surface area (Å²) >= 11 is 1.40. The van der Waals surface area contributed by atoms with Crippen molar-refractivity contribution in [3.63, 3.8) is 0 Å². The van der Waals surface area contributed by atoms with E-state index in [0.29, 0.717) is 18.4 Å². The number of aryl methyl sites for hydroxylation is 1. The van der Waals surface area contributed by atoms with Gasteiger partial charge in [0.25, 0.3) is 0 Å². The second kappa shape index (κ2) is 10.5. The summed E-state index contributed by atoms with van der Waals surface area (Å²) in [7, 11) is 0. The van der Waals surface area contributed by atoms with Crippen LogP contribution in [0.2, 0.25) is 0 Å². The van der Waals surface area contributed by atoms with Crippen molar-refractivity contribution in [2.75, 3.05) is 60.3 Å². The van der Waals surface area contributed by atoms with Crippen LogP contribution in [0.4, 0.5) is 17.3 Å². The molecule has 2 aromatic carbocycles. The van der Waals surface area contributed by atoms with E-state index in [1.807, 2.05) is 24.3 Å². The molecular weight excluding hydrogens is 448 g/mol. The fourth-order valence-corrected chi connectivity index (χ4v) is 5.15. The van der Waals surface area contributed by atoms with Gasteiger partial charge < -0.3 is 19.9 Å². The highest BCUT2D eigenvalue weighted by Crippen LogP contribution is 2.29. The van der Waals surface area contributed by atoms with Crippen LogP contribution in [0.1, 0.15) is 18.4 Å². The molecule has 0 radical (unpaired) electrons. The molecule has 2 saturated heterocycles. The minimum Gasteiger partial charge on any atom is -0.378 e. The molecule has 3 heterocycles. The number of para-hydroxylation sites is 1. The first-order valence-electron chi connectivity index (χ1n) is 11.8. The van der Waals surface area contributed by atoms with E-state index < -0.39 is 0 Å². The van der Waals surface area contributed by atoms with Crippen molar-refractivity contribution in [2.24, 2.45) is 0 Å². The van der Waals surface area contributed by atoms with Gasteiger partial charge in [0.1, 0.15) is 0 Å². The first-order valence-corrected chi connectivity index (χ1v) is 12.8. The molecule has 8 nitrogen and oxygen atoms in total. The van der Waals surface area contributed by atoms with Crippen LogP contribution in [0.5, 0.6) is 0 Å². The van der Waals surface area contributed by atoms with Crippen molar-refractivity contribution in [2.45, 2.75) is 24.9 Å². The van der Waals surface area contributed by atoms with E-state index in [1.54, 1.807) is 0 Å². The maximum absolute atomic E-state index is 12.7. The summed E-state index contributed by atoms with van der Waals surface area (Å²) in [5.41, 5.74) is 4.17. The molecule has 1 amide bonds. The number of carbonyl (C=O) groups is 1. The van der Waals surface area contributed by atoms with Crippen LogP contribution in [-0.2, 0) is 9.53 Å². The van der Waals surface area contributed by atoms with Gasteiger partial charge in [0.15, 0.2) is 5.16 Å². The van der Waals surface area contributed by atoms with Crippen molar-refractivity contribution in [1.82, 2.24) is 14.8 Å². The molecule has 5 rings (SSSR count). The molecule has 0 aliphatic carbocycles. The highest BCUT2D eigenvalue weighted by Gasteiger charge is 2.23. The predicted molar refractivity (Wildman–Crippen MR) is 136 cm³/mol. The van der Waals surface area contributed by atoms with Crippen molar-refractivity contribution in [1.29, 1.82) is 0 Å². The number of hydrogen-bond donors (Lipinski definition) is 1. The van der Waals surface area contributed by atoms with Crippen LogP contribution < -0.4 is 15.1 Å². The lowest BCUT2D eigenvalue weighted by Gasteiger charge is -2.28. The Labute approximate surface area is 204 Å². The molecular formula is C25H30N6O2S. The summed E-state index contributed by atoms with van der Waals surface area (Å²) in [5, 5.41) is 12.7. The van der Waals surface area contributed by atoms with Crippen LogP contribution in [0.15, 0.2) is 53.7 Å². The molecule has 0 unspecified atom stereocenters. The molecule has 34 heavy (non-hydrogen) atoms. The molecule has 0 bridgehead atoms. The smallest absolute Gasteiger partial charge is 0.234 e. The Kier molecular flexibility index (Phi) is 7.01. The van der Waals surface area contributed by atoms with Crippen LogP contribution in [-0.4, -0.2) is 65.8 Å². The molecule has 0 atom stereocenters. The van der Waals surface area contributed by atoms with Crippen LogP contribution in [0.25, 0.3) is 5.69 Å². The fourth-order valence-electron chi connectivity index (χ4n) is 4.41. The number of nitrogens with one attached hydrogen (secondary N) is 1. The van der Waals surface area contributed by atoms with Gasteiger partial charge in [-0.2, -0.15) is 0 Å². The van der Waals surface area contributed by atoms with Gasteiger partial charge in [-0.15, -0.1) is 10.2 Å². The Morgan fingerprint density at radius 1 is 0.971 bits per heavy atom. The molecule has 3 aromatic rings. The first-order chi connectivity index (χ1) is 16.7. The minimum absolute atomic E-state index is 0.0637. The number of ether oxygens (including phenoxy) is 1. The lowest BCUT2D eigenvalue weighted by atomic mass is 10.2. The summed E-state index contributed by atoms with van der Waals surface area (Å²) in [5.74, 6) is 0.977. The molecule has 0 saturated carbocycles. The van der Waals surface area contributed by atoms with Crippen molar-refractivity contribution in [3.05, 3.63) is 54.1 Å². The molecule has 1 N–H and O–H groups in total. The fraction of sp³-hybridized carbons (Fsp3) is 0.400. The van der Waals surface area contributed by atoms with Crippen molar-refractivity contribution < 1.29 is 9.53 Å². The van der Waals surface area contributed by atoms with Gasteiger partial charge >= 0.3 is 0 Å². The summed E-state index contributed by atoms with van der Waals surface area (Å²) in [4.78, 5) is 17.3. The normalized spacial score (nSPS) is 16.1. The Balaban J connectivity index is 1.28. The van der Waals surface area contributed by atoms with Crippen LogP contribution in [0.3, 0.4) is 0 Å². The van der Waals surface area contributed by atoms with Gasteiger partial charge in [-0.05, 0) is 55.7 Å². The Bertz CT molecular complexity index is 1120. The molecule has 0 spiro atoms. The molecule has 2 aliphatic heterocycles. The SMILES string of the molecule is Cc1ccccc1-n1c(SCC(=O)Nc2ccc(N3CCCC3)cc2)nnc1N1CCOCC1. The van der Waals surface area contributed by atoms with Crippen molar-refractivity contribution in [3.8, 4) is 5.69 Å². The monoisotopic (exact) mass is 478 g/mol. The number of hydrogen-bond acceptors (Lipinski definition) is 7. The second-order valence-electron chi connectivity index (χ2n) is 8.58. The van der Waals surface area contributed by atoms with E-state index in [9.17, 15) is 4.79 Å². The van der Waals surface area contributed by atoms with Crippen LogP contribution >= 0.6 is 11.8 Å². The number of amides is 1. The van der Waals surface area contributed by atoms with Gasteiger partial charge in [0, 0.05) is 37.6 Å². The second-order valence-corrected chi connectivity index (χ2v) is 9.52.